The van der Waals surface area contributed by atoms with Gasteiger partial charge in [0.05, 0.1) is 0 Å². The van der Waals surface area contributed by atoms with Crippen LogP contribution in [0.3, 0.4) is 0 Å². The van der Waals surface area contributed by atoms with Crippen LogP contribution in [0.4, 0.5) is 0 Å². The van der Waals surface area contributed by atoms with Gasteiger partial charge in [-0.05, 0) is 109 Å². The first-order chi connectivity index (χ1) is 39.0. The monoisotopic (exact) mass is 1110 g/mol. The van der Waals surface area contributed by atoms with E-state index in [1.807, 2.05) is 0 Å². The second-order valence-electron chi connectivity index (χ2n) is 23.4. The van der Waals surface area contributed by atoms with Crippen LogP contribution in [-0.4, -0.2) is 37.2 Å². The molecule has 1 atom stereocenters. The number of hydrogen-bond acceptors (Lipinski definition) is 6. The van der Waals surface area contributed by atoms with Crippen molar-refractivity contribution in [1.29, 1.82) is 0 Å². The molecule has 0 aromatic heterocycles. The van der Waals surface area contributed by atoms with Crippen LogP contribution in [0.5, 0.6) is 0 Å². The maximum Gasteiger partial charge on any atom is 0.306 e. The molecule has 0 aromatic carbocycles. The number of rotatable bonds is 64. The van der Waals surface area contributed by atoms with Crippen LogP contribution in [0.25, 0.3) is 0 Å². The SMILES string of the molecule is CCCCC/C=C\C/C=C\CCCCCCCC(=O)OCC(COC(=O)CCCCCCCCCCCCCCCCCCC/C=C\C/C=C\CCCCCCC)OC(=O)CCCCCCCCC/C=C\CCCCCCCC. The van der Waals surface area contributed by atoms with Crippen molar-refractivity contribution in [2.24, 2.45) is 0 Å². The third kappa shape index (κ3) is 65.8. The highest BCUT2D eigenvalue weighted by molar-refractivity contribution is 5.71. The van der Waals surface area contributed by atoms with Gasteiger partial charge in [0.15, 0.2) is 6.10 Å². The molecule has 0 aliphatic heterocycles. The van der Waals surface area contributed by atoms with E-state index < -0.39 is 6.10 Å². The molecular formula is C73H132O6. The van der Waals surface area contributed by atoms with E-state index in [4.69, 9.17) is 14.2 Å². The minimum Gasteiger partial charge on any atom is -0.462 e. The molecule has 0 aliphatic carbocycles. The third-order valence-electron chi connectivity index (χ3n) is 15.5. The molecule has 0 aromatic rings. The first-order valence-corrected chi connectivity index (χ1v) is 34.8. The summed E-state index contributed by atoms with van der Waals surface area (Å²) in [6, 6.07) is 0. The highest BCUT2D eigenvalue weighted by atomic mass is 16.6. The van der Waals surface area contributed by atoms with Crippen LogP contribution in [0.1, 0.15) is 367 Å². The summed E-state index contributed by atoms with van der Waals surface area (Å²) in [7, 11) is 0. The van der Waals surface area contributed by atoms with Gasteiger partial charge in [0.2, 0.25) is 0 Å². The highest BCUT2D eigenvalue weighted by Gasteiger charge is 2.19. The van der Waals surface area contributed by atoms with E-state index in [-0.39, 0.29) is 31.1 Å². The molecule has 0 aliphatic rings. The first kappa shape index (κ1) is 76.1. The average molecular weight is 1110 g/mol. The number of carbonyl (C=O) groups excluding carboxylic acids is 3. The Bertz CT molecular complexity index is 1410. The number of esters is 3. The number of ether oxygens (including phenoxy) is 3. The molecule has 460 valence electrons. The molecular weight excluding hydrogens is 973 g/mol. The van der Waals surface area contributed by atoms with Gasteiger partial charge in [0.1, 0.15) is 13.2 Å². The summed E-state index contributed by atoms with van der Waals surface area (Å²) in [6.45, 7) is 6.64. The number of hydrogen-bond donors (Lipinski definition) is 0. The van der Waals surface area contributed by atoms with Gasteiger partial charge in [0, 0.05) is 19.3 Å². The molecule has 0 spiro atoms. The summed E-state index contributed by atoms with van der Waals surface area (Å²) in [5.74, 6) is -0.875. The largest absolute Gasteiger partial charge is 0.462 e. The van der Waals surface area contributed by atoms with Gasteiger partial charge < -0.3 is 14.2 Å². The predicted molar refractivity (Wildman–Crippen MR) is 344 cm³/mol. The highest BCUT2D eigenvalue weighted by Crippen LogP contribution is 2.17. The third-order valence-corrected chi connectivity index (χ3v) is 15.5. The lowest BCUT2D eigenvalue weighted by Crippen LogP contribution is -2.30. The van der Waals surface area contributed by atoms with Gasteiger partial charge in [-0.2, -0.15) is 0 Å². The minimum absolute atomic E-state index is 0.0773. The van der Waals surface area contributed by atoms with E-state index in [1.165, 1.54) is 244 Å². The Labute approximate surface area is 491 Å². The van der Waals surface area contributed by atoms with Crippen LogP contribution in [0.2, 0.25) is 0 Å². The zero-order chi connectivity index (χ0) is 57.1. The van der Waals surface area contributed by atoms with Crippen LogP contribution >= 0.6 is 0 Å². The zero-order valence-corrected chi connectivity index (χ0v) is 52.9. The lowest BCUT2D eigenvalue weighted by atomic mass is 10.0. The summed E-state index contributed by atoms with van der Waals surface area (Å²) in [5, 5.41) is 0. The van der Waals surface area contributed by atoms with E-state index in [9.17, 15) is 14.4 Å². The Morgan fingerprint density at radius 1 is 0.253 bits per heavy atom. The van der Waals surface area contributed by atoms with E-state index in [0.717, 1.165) is 83.5 Å². The second kappa shape index (κ2) is 67.6. The molecule has 0 rings (SSSR count). The Morgan fingerprint density at radius 3 is 0.734 bits per heavy atom. The van der Waals surface area contributed by atoms with Gasteiger partial charge in [-0.3, -0.25) is 14.4 Å². The lowest BCUT2D eigenvalue weighted by molar-refractivity contribution is -0.167. The van der Waals surface area contributed by atoms with Crippen molar-refractivity contribution in [1.82, 2.24) is 0 Å². The molecule has 79 heavy (non-hydrogen) atoms. The van der Waals surface area contributed by atoms with E-state index in [1.54, 1.807) is 0 Å². The minimum atomic E-state index is -0.782. The predicted octanol–water partition coefficient (Wildman–Crippen LogP) is 23.9. The molecule has 0 fully saturated rings. The van der Waals surface area contributed by atoms with Gasteiger partial charge in [-0.25, -0.2) is 0 Å². The smallest absolute Gasteiger partial charge is 0.306 e. The van der Waals surface area contributed by atoms with Crippen molar-refractivity contribution in [3.8, 4) is 0 Å². The summed E-state index contributed by atoms with van der Waals surface area (Å²) in [4.78, 5) is 38.4. The molecule has 0 bridgehead atoms. The van der Waals surface area contributed by atoms with Crippen molar-refractivity contribution in [2.45, 2.75) is 374 Å². The fourth-order valence-electron chi connectivity index (χ4n) is 10.2. The molecule has 0 heterocycles. The summed E-state index contributed by atoms with van der Waals surface area (Å²) in [6.07, 6.45) is 86.7. The fraction of sp³-hybridized carbons (Fsp3) is 0.822. The van der Waals surface area contributed by atoms with Crippen LogP contribution < -0.4 is 0 Å². The first-order valence-electron chi connectivity index (χ1n) is 34.8. The van der Waals surface area contributed by atoms with Crippen molar-refractivity contribution in [2.75, 3.05) is 13.2 Å². The quantitative estimate of drug-likeness (QED) is 0.0261. The number of allylic oxidation sites excluding steroid dienone is 10. The Hall–Kier alpha value is -2.89. The zero-order valence-electron chi connectivity index (χ0n) is 52.9. The van der Waals surface area contributed by atoms with E-state index in [2.05, 4.69) is 81.5 Å². The molecule has 0 saturated carbocycles. The lowest BCUT2D eigenvalue weighted by Gasteiger charge is -2.18. The van der Waals surface area contributed by atoms with Crippen molar-refractivity contribution < 1.29 is 28.6 Å². The molecule has 0 saturated heterocycles. The van der Waals surface area contributed by atoms with Crippen molar-refractivity contribution >= 4 is 17.9 Å². The van der Waals surface area contributed by atoms with E-state index >= 15 is 0 Å². The van der Waals surface area contributed by atoms with Gasteiger partial charge in [-0.15, -0.1) is 0 Å². The Kier molecular flexibility index (Phi) is 65.1. The number of carbonyl (C=O) groups is 3. The maximum absolute atomic E-state index is 12.9. The van der Waals surface area contributed by atoms with Gasteiger partial charge in [0.25, 0.3) is 0 Å². The summed E-state index contributed by atoms with van der Waals surface area (Å²) < 4.78 is 17.0. The Balaban J connectivity index is 4.23. The number of unbranched alkanes of at least 4 members (excludes halogenated alkanes) is 43. The second-order valence-corrected chi connectivity index (χ2v) is 23.4. The van der Waals surface area contributed by atoms with Crippen LogP contribution in [-0.2, 0) is 28.6 Å². The van der Waals surface area contributed by atoms with Crippen LogP contribution in [0.15, 0.2) is 60.8 Å². The molecule has 6 nitrogen and oxygen atoms in total. The standard InChI is InChI=1S/C73H132O6/c1-4-7-10-13-16-19-22-25-28-30-31-32-33-34-35-36-37-38-39-40-41-43-45-48-51-54-57-60-63-66-72(75)78-69-70(68-77-71(74)65-62-59-56-53-50-47-44-27-24-21-18-15-12-9-6-3)79-73(76)67-64-61-58-55-52-49-46-42-29-26-23-20-17-14-11-8-5-2/h18,21-22,25-27,29-31,44,70H,4-17,19-20,23-24,28,32-43,45-69H2,1-3H3/b21-18-,25-22-,29-26-,31-30-,44-27-. The van der Waals surface area contributed by atoms with Gasteiger partial charge >= 0.3 is 17.9 Å². The van der Waals surface area contributed by atoms with Crippen molar-refractivity contribution in [3.63, 3.8) is 0 Å². The summed E-state index contributed by atoms with van der Waals surface area (Å²) in [5.41, 5.74) is 0. The fourth-order valence-corrected chi connectivity index (χ4v) is 10.2. The van der Waals surface area contributed by atoms with Gasteiger partial charge in [-0.1, -0.05) is 300 Å². The molecule has 0 N–H and O–H groups in total. The maximum atomic E-state index is 12.9. The average Bonchev–Trinajstić information content (AvgIpc) is 3.45. The Morgan fingerprint density at radius 2 is 0.456 bits per heavy atom. The molecule has 1 unspecified atom stereocenters. The summed E-state index contributed by atoms with van der Waals surface area (Å²) >= 11 is 0. The molecule has 0 amide bonds. The normalized spacial score (nSPS) is 12.4. The van der Waals surface area contributed by atoms with Crippen LogP contribution in [0, 0.1) is 0 Å². The molecule has 0 radical (unpaired) electrons. The van der Waals surface area contributed by atoms with E-state index in [0.29, 0.717) is 19.3 Å². The van der Waals surface area contributed by atoms with Crippen molar-refractivity contribution in [3.05, 3.63) is 60.8 Å². The molecule has 6 heteroatoms. The topological polar surface area (TPSA) is 78.9 Å².